The van der Waals surface area contributed by atoms with Gasteiger partial charge in [-0.3, -0.25) is 0 Å². The summed E-state index contributed by atoms with van der Waals surface area (Å²) in [7, 11) is 0. The van der Waals surface area contributed by atoms with E-state index in [1.54, 1.807) is 0 Å². The van der Waals surface area contributed by atoms with Crippen molar-refractivity contribution in [2.75, 3.05) is 0 Å². The zero-order valence-electron chi connectivity index (χ0n) is 6.10. The summed E-state index contributed by atoms with van der Waals surface area (Å²) < 4.78 is 0. The summed E-state index contributed by atoms with van der Waals surface area (Å²) >= 11 is 0. The van der Waals surface area contributed by atoms with Crippen LogP contribution in [0, 0.1) is 0 Å². The van der Waals surface area contributed by atoms with Crippen LogP contribution in [0.2, 0.25) is 0 Å². The van der Waals surface area contributed by atoms with Crippen LogP contribution in [0.15, 0.2) is 24.2 Å². The van der Waals surface area contributed by atoms with Crippen LogP contribution in [0.3, 0.4) is 0 Å². The first-order valence-electron chi connectivity index (χ1n) is 1.84. The molecule has 0 aromatic rings. The molecule has 0 aliphatic heterocycles. The molecular weight excluding hydrogens is 106 g/mol. The standard InChI is InChI=1S/C5H8O2.2Li/c1-4(6)3-5(2)7;;/h3,6-7H,1H2,2H3;;/q;2*+1/p-2/b5-3-;;. The maximum atomic E-state index is 9.94. The molecule has 0 radical (unpaired) electrons. The van der Waals surface area contributed by atoms with E-state index in [1.165, 1.54) is 6.92 Å². The van der Waals surface area contributed by atoms with Gasteiger partial charge < -0.3 is 10.2 Å². The van der Waals surface area contributed by atoms with Crippen LogP contribution in [0.4, 0.5) is 0 Å². The van der Waals surface area contributed by atoms with E-state index in [0.717, 1.165) is 6.08 Å². The number of hydrogen-bond donors (Lipinski definition) is 0. The van der Waals surface area contributed by atoms with Crippen molar-refractivity contribution in [3.8, 4) is 0 Å². The van der Waals surface area contributed by atoms with E-state index in [1.807, 2.05) is 0 Å². The SMILES string of the molecule is C=C([O-])/C=C(/C)[O-].[Li+].[Li+]. The molecule has 0 amide bonds. The molecule has 0 spiro atoms. The van der Waals surface area contributed by atoms with Crippen LogP contribution in [0.1, 0.15) is 6.92 Å². The molecule has 0 atom stereocenters. The minimum Gasteiger partial charge on any atom is -0.876 e. The van der Waals surface area contributed by atoms with E-state index in [-0.39, 0.29) is 43.5 Å². The molecule has 0 aromatic heterocycles. The first-order chi connectivity index (χ1) is 3.13. The molecule has 2 nitrogen and oxygen atoms in total. The van der Waals surface area contributed by atoms with Gasteiger partial charge in [0, 0.05) is 0 Å². The van der Waals surface area contributed by atoms with Crippen molar-refractivity contribution < 1.29 is 47.9 Å². The zero-order valence-corrected chi connectivity index (χ0v) is 6.10. The van der Waals surface area contributed by atoms with Crippen LogP contribution in [-0.2, 0) is 0 Å². The summed E-state index contributed by atoms with van der Waals surface area (Å²) in [5, 5.41) is 19.8. The molecule has 0 fully saturated rings. The largest absolute Gasteiger partial charge is 1.00 e. The quantitative estimate of drug-likeness (QED) is 0.192. The third kappa shape index (κ3) is 17.8. The Bertz CT molecular complexity index is 106. The maximum absolute atomic E-state index is 9.94. The molecule has 0 bridgehead atoms. The molecule has 4 heteroatoms. The van der Waals surface area contributed by atoms with Gasteiger partial charge in [0.05, 0.1) is 0 Å². The Morgan fingerprint density at radius 3 is 1.67 bits per heavy atom. The summed E-state index contributed by atoms with van der Waals surface area (Å²) in [6, 6.07) is 0. The second-order valence-electron chi connectivity index (χ2n) is 1.22. The van der Waals surface area contributed by atoms with Crippen LogP contribution in [-0.4, -0.2) is 0 Å². The van der Waals surface area contributed by atoms with Gasteiger partial charge in [-0.1, -0.05) is 13.0 Å². The van der Waals surface area contributed by atoms with Gasteiger partial charge in [0.2, 0.25) is 0 Å². The van der Waals surface area contributed by atoms with Gasteiger partial charge in [0.25, 0.3) is 0 Å². The summed E-state index contributed by atoms with van der Waals surface area (Å²) in [5.74, 6) is -0.687. The van der Waals surface area contributed by atoms with Gasteiger partial charge in [0.15, 0.2) is 0 Å². The molecule has 0 aliphatic carbocycles. The van der Waals surface area contributed by atoms with Crippen molar-refractivity contribution in [3.05, 3.63) is 24.2 Å². The normalized spacial score (nSPS) is 8.78. The van der Waals surface area contributed by atoms with Crippen LogP contribution < -0.4 is 47.9 Å². The van der Waals surface area contributed by atoms with E-state index in [2.05, 4.69) is 6.58 Å². The average molecular weight is 112 g/mol. The molecule has 0 saturated carbocycles. The third-order valence-corrected chi connectivity index (χ3v) is 0.364. The van der Waals surface area contributed by atoms with Crippen LogP contribution >= 0.6 is 0 Å². The van der Waals surface area contributed by atoms with Crippen molar-refractivity contribution in [2.45, 2.75) is 6.92 Å². The van der Waals surface area contributed by atoms with Crippen molar-refractivity contribution in [3.63, 3.8) is 0 Å². The van der Waals surface area contributed by atoms with Gasteiger partial charge in [-0.15, -0.1) is 18.1 Å². The fraction of sp³-hybridized carbons (Fsp3) is 0.200. The Morgan fingerprint density at radius 1 is 1.33 bits per heavy atom. The maximum Gasteiger partial charge on any atom is 1.00 e. The molecule has 0 rings (SSSR count). The predicted molar refractivity (Wildman–Crippen MR) is 22.9 cm³/mol. The summed E-state index contributed by atoms with van der Waals surface area (Å²) in [6.07, 6.45) is 0.944. The predicted octanol–water partition coefficient (Wildman–Crippen LogP) is -6.87. The second kappa shape index (κ2) is 8.27. The first kappa shape index (κ1) is 16.1. The molecule has 0 aromatic carbocycles. The first-order valence-corrected chi connectivity index (χ1v) is 1.84. The summed E-state index contributed by atoms with van der Waals surface area (Å²) in [4.78, 5) is 0. The van der Waals surface area contributed by atoms with E-state index in [9.17, 15) is 10.2 Å². The number of rotatable bonds is 1. The Kier molecular flexibility index (Phi) is 14.8. The molecule has 0 aliphatic rings. The fourth-order valence-corrected chi connectivity index (χ4v) is 0.227. The second-order valence-corrected chi connectivity index (χ2v) is 1.22. The van der Waals surface area contributed by atoms with Crippen LogP contribution in [0.25, 0.3) is 0 Å². The van der Waals surface area contributed by atoms with Gasteiger partial charge in [0.1, 0.15) is 0 Å². The van der Waals surface area contributed by atoms with E-state index in [4.69, 9.17) is 0 Å². The van der Waals surface area contributed by atoms with Crippen molar-refractivity contribution >= 4 is 0 Å². The number of allylic oxidation sites excluding steroid dienone is 2. The number of hydrogen-bond acceptors (Lipinski definition) is 2. The van der Waals surface area contributed by atoms with Gasteiger partial charge in [-0.05, 0) is 0 Å². The fourth-order valence-electron chi connectivity index (χ4n) is 0.227. The van der Waals surface area contributed by atoms with Crippen molar-refractivity contribution in [2.24, 2.45) is 0 Å². The Morgan fingerprint density at radius 2 is 1.67 bits per heavy atom. The Hall–Kier alpha value is 0.275. The third-order valence-electron chi connectivity index (χ3n) is 0.364. The topological polar surface area (TPSA) is 46.1 Å². The summed E-state index contributed by atoms with van der Waals surface area (Å²) in [6.45, 7) is 4.27. The Balaban J connectivity index is -0.000000180. The smallest absolute Gasteiger partial charge is 0.876 e. The molecule has 40 valence electrons. The molecular formula is C5H6Li2O2. The van der Waals surface area contributed by atoms with Crippen LogP contribution in [0.5, 0.6) is 0 Å². The molecule has 0 unspecified atom stereocenters. The average Bonchev–Trinajstić information content (AvgIpc) is 1.27. The minimum absolute atomic E-state index is 0. The van der Waals surface area contributed by atoms with Gasteiger partial charge in [-0.2, -0.15) is 0 Å². The monoisotopic (exact) mass is 112 g/mol. The van der Waals surface area contributed by atoms with E-state index in [0.29, 0.717) is 0 Å². The zero-order chi connectivity index (χ0) is 5.86. The molecule has 0 heterocycles. The van der Waals surface area contributed by atoms with E-state index < -0.39 is 5.76 Å². The van der Waals surface area contributed by atoms with Crippen molar-refractivity contribution in [1.82, 2.24) is 0 Å². The van der Waals surface area contributed by atoms with Crippen molar-refractivity contribution in [1.29, 1.82) is 0 Å². The van der Waals surface area contributed by atoms with E-state index >= 15 is 0 Å². The molecule has 0 saturated heterocycles. The molecule has 0 N–H and O–H groups in total. The summed E-state index contributed by atoms with van der Waals surface area (Å²) in [5.41, 5.74) is 0. The molecule has 9 heavy (non-hydrogen) atoms. The Labute approximate surface area is 79.0 Å². The van der Waals surface area contributed by atoms with Gasteiger partial charge >= 0.3 is 37.7 Å². The minimum atomic E-state index is -0.437. The van der Waals surface area contributed by atoms with Gasteiger partial charge in [-0.25, -0.2) is 0 Å².